The number of aryl methyl sites for hydroxylation is 1. The highest BCUT2D eigenvalue weighted by molar-refractivity contribution is 7.86. The molecule has 0 amide bonds. The molecule has 21 heavy (non-hydrogen) atoms. The maximum Gasteiger partial charge on any atom is 0.282 e. The molecule has 0 aromatic carbocycles. The van der Waals surface area contributed by atoms with Gasteiger partial charge >= 0.3 is 0 Å². The Morgan fingerprint density at radius 2 is 1.71 bits per heavy atom. The molecule has 0 bridgehead atoms. The van der Waals surface area contributed by atoms with Crippen molar-refractivity contribution in [2.75, 3.05) is 39.3 Å². The summed E-state index contributed by atoms with van der Waals surface area (Å²) in [5.41, 5.74) is 0.875. The van der Waals surface area contributed by atoms with Crippen molar-refractivity contribution in [3.63, 3.8) is 0 Å². The third-order valence-electron chi connectivity index (χ3n) is 4.11. The van der Waals surface area contributed by atoms with Gasteiger partial charge in [0, 0.05) is 45.3 Å². The standard InChI is InChI=1S/C13H22N4O3S/c1-12-10-13(20-14-12)11-15-6-8-17(9-7-15)21(18,19)16-4-2-3-5-16/h10H,2-9,11H2,1H3. The van der Waals surface area contributed by atoms with Crippen LogP contribution in [0.25, 0.3) is 0 Å². The third-order valence-corrected chi connectivity index (χ3v) is 6.14. The maximum atomic E-state index is 12.5. The van der Waals surface area contributed by atoms with Gasteiger partial charge in [-0.3, -0.25) is 4.90 Å². The van der Waals surface area contributed by atoms with Crippen LogP contribution < -0.4 is 0 Å². The zero-order valence-corrected chi connectivity index (χ0v) is 13.2. The molecule has 0 unspecified atom stereocenters. The molecule has 7 nitrogen and oxygen atoms in total. The minimum absolute atomic E-state index is 0.548. The number of aromatic nitrogens is 1. The van der Waals surface area contributed by atoms with Gasteiger partial charge in [-0.1, -0.05) is 5.16 Å². The Balaban J connectivity index is 1.55. The van der Waals surface area contributed by atoms with Gasteiger partial charge in [-0.05, 0) is 19.8 Å². The highest BCUT2D eigenvalue weighted by Crippen LogP contribution is 2.18. The molecule has 1 aromatic heterocycles. The minimum atomic E-state index is -3.25. The lowest BCUT2D eigenvalue weighted by Gasteiger charge is -2.35. The fourth-order valence-electron chi connectivity index (χ4n) is 2.91. The molecule has 3 heterocycles. The summed E-state index contributed by atoms with van der Waals surface area (Å²) in [6.45, 7) is 6.48. The Morgan fingerprint density at radius 3 is 2.29 bits per heavy atom. The molecule has 2 saturated heterocycles. The van der Waals surface area contributed by atoms with Gasteiger partial charge in [-0.15, -0.1) is 0 Å². The van der Waals surface area contributed by atoms with Crippen LogP contribution in [0, 0.1) is 6.92 Å². The quantitative estimate of drug-likeness (QED) is 0.806. The predicted molar refractivity (Wildman–Crippen MR) is 77.8 cm³/mol. The first-order valence-corrected chi connectivity index (χ1v) is 8.85. The summed E-state index contributed by atoms with van der Waals surface area (Å²) in [7, 11) is -3.25. The molecule has 0 N–H and O–H groups in total. The zero-order chi connectivity index (χ0) is 14.9. The summed E-state index contributed by atoms with van der Waals surface area (Å²) < 4.78 is 33.4. The van der Waals surface area contributed by atoms with Crippen LogP contribution in [0.4, 0.5) is 0 Å². The molecule has 0 aliphatic carbocycles. The van der Waals surface area contributed by atoms with E-state index in [1.165, 1.54) is 0 Å². The number of hydrogen-bond donors (Lipinski definition) is 0. The number of hydrogen-bond acceptors (Lipinski definition) is 5. The van der Waals surface area contributed by atoms with Crippen molar-refractivity contribution < 1.29 is 12.9 Å². The molecule has 1 aromatic rings. The van der Waals surface area contributed by atoms with E-state index in [2.05, 4.69) is 10.1 Å². The van der Waals surface area contributed by atoms with Crippen molar-refractivity contribution >= 4 is 10.2 Å². The van der Waals surface area contributed by atoms with Gasteiger partial charge in [0.1, 0.15) is 0 Å². The van der Waals surface area contributed by atoms with Crippen molar-refractivity contribution in [3.05, 3.63) is 17.5 Å². The first-order valence-electron chi connectivity index (χ1n) is 7.45. The van der Waals surface area contributed by atoms with Crippen molar-refractivity contribution in [1.29, 1.82) is 0 Å². The lowest BCUT2D eigenvalue weighted by atomic mass is 10.3. The molecule has 2 aliphatic heterocycles. The van der Waals surface area contributed by atoms with Crippen LogP contribution in [0.5, 0.6) is 0 Å². The molecule has 3 rings (SSSR count). The summed E-state index contributed by atoms with van der Waals surface area (Å²) in [5.74, 6) is 0.836. The second kappa shape index (κ2) is 6.04. The zero-order valence-electron chi connectivity index (χ0n) is 12.4. The van der Waals surface area contributed by atoms with Crippen molar-refractivity contribution in [2.24, 2.45) is 0 Å². The predicted octanol–water partition coefficient (Wildman–Crippen LogP) is 0.441. The monoisotopic (exact) mass is 314 g/mol. The molecule has 0 radical (unpaired) electrons. The molecule has 118 valence electrons. The van der Waals surface area contributed by atoms with Gasteiger partial charge in [-0.2, -0.15) is 17.0 Å². The number of rotatable bonds is 4. The van der Waals surface area contributed by atoms with Gasteiger partial charge in [0.15, 0.2) is 5.76 Å². The Bertz CT molecular complexity index is 572. The van der Waals surface area contributed by atoms with Crippen LogP contribution in [-0.2, 0) is 16.8 Å². The fraction of sp³-hybridized carbons (Fsp3) is 0.769. The summed E-state index contributed by atoms with van der Waals surface area (Å²) in [6.07, 6.45) is 1.95. The largest absolute Gasteiger partial charge is 0.360 e. The Labute approximate surface area is 125 Å². The Kier molecular flexibility index (Phi) is 4.30. The van der Waals surface area contributed by atoms with Crippen LogP contribution in [0.1, 0.15) is 24.3 Å². The van der Waals surface area contributed by atoms with E-state index in [0.29, 0.717) is 32.7 Å². The highest BCUT2D eigenvalue weighted by Gasteiger charge is 2.33. The second-order valence-electron chi connectivity index (χ2n) is 5.72. The van der Waals surface area contributed by atoms with Crippen LogP contribution in [-0.4, -0.2) is 66.4 Å². The summed E-state index contributed by atoms with van der Waals surface area (Å²) in [6, 6.07) is 1.92. The number of nitrogens with zero attached hydrogens (tertiary/aromatic N) is 4. The molecule has 2 aliphatic rings. The summed E-state index contributed by atoms with van der Waals surface area (Å²) in [5, 5.41) is 3.87. The van der Waals surface area contributed by atoms with Crippen molar-refractivity contribution in [1.82, 2.24) is 18.7 Å². The maximum absolute atomic E-state index is 12.5. The second-order valence-corrected chi connectivity index (χ2v) is 7.65. The van der Waals surface area contributed by atoms with Crippen LogP contribution in [0.3, 0.4) is 0 Å². The van der Waals surface area contributed by atoms with Gasteiger partial charge in [0.25, 0.3) is 10.2 Å². The molecule has 0 spiro atoms. The topological polar surface area (TPSA) is 69.9 Å². The lowest BCUT2D eigenvalue weighted by Crippen LogP contribution is -2.52. The highest BCUT2D eigenvalue weighted by atomic mass is 32.2. The molecule has 0 atom stereocenters. The van der Waals surface area contributed by atoms with E-state index in [1.54, 1.807) is 8.61 Å². The van der Waals surface area contributed by atoms with Crippen LogP contribution in [0.15, 0.2) is 10.6 Å². The van der Waals surface area contributed by atoms with Gasteiger partial charge < -0.3 is 4.52 Å². The van der Waals surface area contributed by atoms with E-state index in [-0.39, 0.29) is 0 Å². The third kappa shape index (κ3) is 3.28. The first kappa shape index (κ1) is 15.0. The van der Waals surface area contributed by atoms with E-state index < -0.39 is 10.2 Å². The van der Waals surface area contributed by atoms with E-state index in [9.17, 15) is 8.42 Å². The van der Waals surface area contributed by atoms with E-state index in [4.69, 9.17) is 4.52 Å². The van der Waals surface area contributed by atoms with E-state index in [1.807, 2.05) is 13.0 Å². The molecule has 0 saturated carbocycles. The minimum Gasteiger partial charge on any atom is -0.360 e. The summed E-state index contributed by atoms with van der Waals surface area (Å²) >= 11 is 0. The van der Waals surface area contributed by atoms with Gasteiger partial charge in [-0.25, -0.2) is 0 Å². The average molecular weight is 314 g/mol. The van der Waals surface area contributed by atoms with Crippen LogP contribution >= 0.6 is 0 Å². The van der Waals surface area contributed by atoms with Crippen molar-refractivity contribution in [3.8, 4) is 0 Å². The number of piperazine rings is 1. The molecular formula is C13H22N4O3S. The SMILES string of the molecule is Cc1cc(CN2CCN(S(=O)(=O)N3CCCC3)CC2)on1. The molecule has 2 fully saturated rings. The first-order chi connectivity index (χ1) is 10.1. The van der Waals surface area contributed by atoms with E-state index >= 15 is 0 Å². The molecule has 8 heteroatoms. The van der Waals surface area contributed by atoms with Gasteiger partial charge in [0.05, 0.1) is 12.2 Å². The van der Waals surface area contributed by atoms with Crippen molar-refractivity contribution in [2.45, 2.75) is 26.3 Å². The Morgan fingerprint density at radius 1 is 1.10 bits per heavy atom. The fourth-order valence-corrected chi connectivity index (χ4v) is 4.58. The molecular weight excluding hydrogens is 292 g/mol. The van der Waals surface area contributed by atoms with E-state index in [0.717, 1.165) is 37.4 Å². The Hall–Kier alpha value is -0.960. The normalized spacial score (nSPS) is 22.9. The van der Waals surface area contributed by atoms with Gasteiger partial charge in [0.2, 0.25) is 0 Å². The van der Waals surface area contributed by atoms with Crippen LogP contribution in [0.2, 0.25) is 0 Å². The average Bonchev–Trinajstić information content (AvgIpc) is 3.11. The smallest absolute Gasteiger partial charge is 0.282 e. The lowest BCUT2D eigenvalue weighted by molar-refractivity contribution is 0.161. The summed E-state index contributed by atoms with van der Waals surface area (Å²) in [4.78, 5) is 2.20.